The van der Waals surface area contributed by atoms with Crippen LogP contribution in [0.25, 0.3) is 11.1 Å². The van der Waals surface area contributed by atoms with Crippen molar-refractivity contribution in [2.45, 2.75) is 54.0 Å². The van der Waals surface area contributed by atoms with Gasteiger partial charge in [-0.2, -0.15) is 0 Å². The number of nitrogens with two attached hydrogens (primary N) is 1. The number of esters is 1. The minimum atomic E-state index is -0.266. The lowest BCUT2D eigenvalue weighted by atomic mass is 9.93. The number of aromatic nitrogens is 1. The van der Waals surface area contributed by atoms with Crippen molar-refractivity contribution in [3.8, 4) is 16.9 Å². The molecule has 0 amide bonds. The maximum Gasteiger partial charge on any atom is 0.310 e. The van der Waals surface area contributed by atoms with Crippen LogP contribution in [0.3, 0.4) is 0 Å². The number of ether oxygens (including phenoxy) is 1. The Balaban J connectivity index is 2.73. The Hall–Kier alpha value is -2.20. The van der Waals surface area contributed by atoms with Crippen molar-refractivity contribution in [1.29, 1.82) is 0 Å². The van der Waals surface area contributed by atoms with Crippen LogP contribution >= 0.6 is 0 Å². The van der Waals surface area contributed by atoms with Gasteiger partial charge in [0.2, 0.25) is 0 Å². The van der Waals surface area contributed by atoms with Gasteiger partial charge in [0.1, 0.15) is 0 Å². The number of pyridine rings is 1. The molecule has 4 heteroatoms. The van der Waals surface area contributed by atoms with Crippen molar-refractivity contribution in [3.63, 3.8) is 0 Å². The summed E-state index contributed by atoms with van der Waals surface area (Å²) in [6, 6.07) is 8.20. The number of carbonyl (C=O) groups is 1. The van der Waals surface area contributed by atoms with Gasteiger partial charge in [-0.3, -0.25) is 9.78 Å². The second-order valence-electron chi connectivity index (χ2n) is 6.82. The summed E-state index contributed by atoms with van der Waals surface area (Å²) in [6.07, 6.45) is 1.16. The van der Waals surface area contributed by atoms with E-state index in [1.165, 1.54) is 5.56 Å². The van der Waals surface area contributed by atoms with E-state index in [1.54, 1.807) is 6.92 Å². The second-order valence-corrected chi connectivity index (χ2v) is 6.82. The fraction of sp³-hybridized carbons (Fsp3) is 0.429. The average molecular weight is 340 g/mol. The first-order chi connectivity index (χ1) is 11.9. The molecule has 0 saturated carbocycles. The van der Waals surface area contributed by atoms with E-state index in [0.717, 1.165) is 34.5 Å². The van der Waals surface area contributed by atoms with Crippen LogP contribution in [0.4, 0.5) is 0 Å². The Morgan fingerprint density at radius 1 is 1.20 bits per heavy atom. The van der Waals surface area contributed by atoms with E-state index in [2.05, 4.69) is 26.0 Å². The summed E-state index contributed by atoms with van der Waals surface area (Å²) in [5.74, 6) is 0.730. The second kappa shape index (κ2) is 8.26. The molecule has 1 aromatic carbocycles. The van der Waals surface area contributed by atoms with Crippen molar-refractivity contribution >= 4 is 5.97 Å². The first kappa shape index (κ1) is 19.1. The normalized spacial score (nSPS) is 11.0. The van der Waals surface area contributed by atoms with Gasteiger partial charge in [-0.05, 0) is 37.3 Å². The van der Waals surface area contributed by atoms with Gasteiger partial charge in [-0.15, -0.1) is 0 Å². The van der Waals surface area contributed by atoms with Crippen LogP contribution in [-0.2, 0) is 17.8 Å². The van der Waals surface area contributed by atoms with Crippen molar-refractivity contribution < 1.29 is 9.53 Å². The number of nitrogens with zero attached hydrogens (tertiary/aromatic N) is 1. The van der Waals surface area contributed by atoms with Gasteiger partial charge in [0.25, 0.3) is 0 Å². The van der Waals surface area contributed by atoms with Crippen LogP contribution in [-0.4, -0.2) is 11.0 Å². The predicted molar refractivity (Wildman–Crippen MR) is 102 cm³/mol. The summed E-state index contributed by atoms with van der Waals surface area (Å²) < 4.78 is 5.66. The van der Waals surface area contributed by atoms with Gasteiger partial charge in [-0.25, -0.2) is 0 Å². The van der Waals surface area contributed by atoms with Gasteiger partial charge < -0.3 is 10.5 Å². The van der Waals surface area contributed by atoms with Crippen LogP contribution in [0, 0.1) is 19.8 Å². The maximum atomic E-state index is 12.0. The quantitative estimate of drug-likeness (QED) is 0.795. The molecule has 25 heavy (non-hydrogen) atoms. The smallest absolute Gasteiger partial charge is 0.310 e. The molecule has 0 atom stereocenters. The van der Waals surface area contributed by atoms with Gasteiger partial charge >= 0.3 is 5.97 Å². The van der Waals surface area contributed by atoms with E-state index in [-0.39, 0.29) is 5.97 Å². The molecule has 4 nitrogen and oxygen atoms in total. The molecule has 2 aromatic rings. The molecule has 0 unspecified atom stereocenters. The van der Waals surface area contributed by atoms with Gasteiger partial charge in [0.05, 0.1) is 5.69 Å². The minimum absolute atomic E-state index is 0.266. The van der Waals surface area contributed by atoms with Crippen molar-refractivity contribution in [1.82, 2.24) is 4.98 Å². The molecule has 2 rings (SSSR count). The Morgan fingerprint density at radius 3 is 2.36 bits per heavy atom. The van der Waals surface area contributed by atoms with Crippen molar-refractivity contribution in [2.24, 2.45) is 11.7 Å². The highest BCUT2D eigenvalue weighted by atomic mass is 16.5. The van der Waals surface area contributed by atoms with Crippen LogP contribution < -0.4 is 10.5 Å². The van der Waals surface area contributed by atoms with Crippen LogP contribution in [0.5, 0.6) is 5.75 Å². The summed E-state index contributed by atoms with van der Waals surface area (Å²) in [4.78, 5) is 16.7. The lowest BCUT2D eigenvalue weighted by Gasteiger charge is -2.20. The molecule has 2 N–H and O–H groups in total. The first-order valence-electron chi connectivity index (χ1n) is 8.87. The third-order valence-corrected chi connectivity index (χ3v) is 4.16. The fourth-order valence-corrected chi connectivity index (χ4v) is 2.89. The van der Waals surface area contributed by atoms with E-state index < -0.39 is 0 Å². The third-order valence-electron chi connectivity index (χ3n) is 4.16. The lowest BCUT2D eigenvalue weighted by molar-refractivity contribution is -0.134. The average Bonchev–Trinajstić information content (AvgIpc) is 2.57. The largest absolute Gasteiger partial charge is 0.424 e. The Morgan fingerprint density at radius 2 is 1.84 bits per heavy atom. The number of aryl methyl sites for hydroxylation is 2. The number of carbonyl (C=O) groups excluding carboxylic acids is 1. The molecule has 0 radical (unpaired) electrons. The highest BCUT2D eigenvalue weighted by Crippen LogP contribution is 2.38. The first-order valence-corrected chi connectivity index (χ1v) is 8.87. The number of benzene rings is 1. The lowest BCUT2D eigenvalue weighted by Crippen LogP contribution is -2.15. The van der Waals surface area contributed by atoms with E-state index in [4.69, 9.17) is 15.5 Å². The van der Waals surface area contributed by atoms with Crippen LogP contribution in [0.15, 0.2) is 24.3 Å². The maximum absolute atomic E-state index is 12.0. The van der Waals surface area contributed by atoms with E-state index in [9.17, 15) is 4.79 Å². The summed E-state index contributed by atoms with van der Waals surface area (Å²) in [7, 11) is 0. The van der Waals surface area contributed by atoms with Gasteiger partial charge in [0.15, 0.2) is 5.75 Å². The molecule has 1 aromatic heterocycles. The molecule has 0 saturated heterocycles. The number of hydrogen-bond acceptors (Lipinski definition) is 4. The van der Waals surface area contributed by atoms with Crippen molar-refractivity contribution in [2.75, 3.05) is 0 Å². The molecule has 0 spiro atoms. The predicted octanol–water partition coefficient (Wildman–Crippen LogP) is 4.34. The standard InChI is InChI=1S/C21H28N2O2/c1-6-19(24)25-21-15(5)23-18(11-13(2)3)17(12-22)20(21)16-9-7-14(4)8-10-16/h7-10,13H,6,11-12,22H2,1-5H3. The summed E-state index contributed by atoms with van der Waals surface area (Å²) in [6.45, 7) is 10.4. The SMILES string of the molecule is CCC(=O)Oc1c(C)nc(CC(C)C)c(CN)c1-c1ccc(C)cc1. The molecular formula is C21H28N2O2. The summed E-state index contributed by atoms with van der Waals surface area (Å²) >= 11 is 0. The van der Waals surface area contributed by atoms with E-state index in [0.29, 0.717) is 24.6 Å². The minimum Gasteiger partial charge on any atom is -0.424 e. The van der Waals surface area contributed by atoms with E-state index >= 15 is 0 Å². The zero-order chi connectivity index (χ0) is 18.6. The topological polar surface area (TPSA) is 65.2 Å². The molecule has 134 valence electrons. The highest BCUT2D eigenvalue weighted by molar-refractivity contribution is 5.81. The molecule has 0 aliphatic heterocycles. The molecule has 0 aliphatic carbocycles. The zero-order valence-corrected chi connectivity index (χ0v) is 15.8. The molecule has 1 heterocycles. The third kappa shape index (κ3) is 4.45. The molecular weight excluding hydrogens is 312 g/mol. The molecule has 0 bridgehead atoms. The Kier molecular flexibility index (Phi) is 6.32. The van der Waals surface area contributed by atoms with E-state index in [1.807, 2.05) is 26.0 Å². The molecule has 0 fully saturated rings. The number of rotatable bonds is 6. The Labute approximate surface area is 150 Å². The summed E-state index contributed by atoms with van der Waals surface area (Å²) in [5.41, 5.74) is 11.8. The van der Waals surface area contributed by atoms with Gasteiger partial charge in [0, 0.05) is 24.2 Å². The van der Waals surface area contributed by atoms with Crippen molar-refractivity contribution in [3.05, 3.63) is 46.8 Å². The zero-order valence-electron chi connectivity index (χ0n) is 15.8. The fourth-order valence-electron chi connectivity index (χ4n) is 2.89. The Bertz CT molecular complexity index is 749. The summed E-state index contributed by atoms with van der Waals surface area (Å²) in [5, 5.41) is 0. The van der Waals surface area contributed by atoms with Crippen LogP contribution in [0.1, 0.15) is 49.7 Å². The van der Waals surface area contributed by atoms with Gasteiger partial charge in [-0.1, -0.05) is 50.6 Å². The number of hydrogen-bond donors (Lipinski definition) is 1. The monoisotopic (exact) mass is 340 g/mol. The molecule has 0 aliphatic rings. The highest BCUT2D eigenvalue weighted by Gasteiger charge is 2.21. The van der Waals surface area contributed by atoms with Crippen LogP contribution in [0.2, 0.25) is 0 Å².